The first-order valence-electron chi connectivity index (χ1n) is 5.67. The van der Waals surface area contributed by atoms with Crippen molar-refractivity contribution in [2.45, 2.75) is 4.90 Å². The molecule has 0 radical (unpaired) electrons. The number of carbonyl (C=O) groups excluding carboxylic acids is 1. The Morgan fingerprint density at radius 3 is 2.55 bits per heavy atom. The van der Waals surface area contributed by atoms with Gasteiger partial charge in [-0.05, 0) is 18.2 Å². The minimum atomic E-state index is -0.522. The molecule has 0 atom stereocenters. The number of nitrogens with one attached hydrogen (secondary N) is 2. The molecule has 0 aliphatic carbocycles. The molecule has 2 aromatic carbocycles. The summed E-state index contributed by atoms with van der Waals surface area (Å²) in [5.41, 5.74) is 0.810. The number of para-hydroxylation sites is 1. The van der Waals surface area contributed by atoms with Crippen LogP contribution in [0.4, 0.5) is 21.9 Å². The summed E-state index contributed by atoms with van der Waals surface area (Å²) in [5.74, 6) is 0. The van der Waals surface area contributed by atoms with E-state index in [4.69, 9.17) is 0 Å². The Morgan fingerprint density at radius 2 is 1.85 bits per heavy atom. The van der Waals surface area contributed by atoms with E-state index in [1.54, 1.807) is 30.3 Å². The largest absolute Gasteiger partial charge is 0.323 e. The highest BCUT2D eigenvalue weighted by molar-refractivity contribution is 7.80. The zero-order valence-electron chi connectivity index (χ0n) is 10.2. The maximum Gasteiger partial charge on any atom is 0.323 e. The van der Waals surface area contributed by atoms with Crippen molar-refractivity contribution < 1.29 is 9.72 Å². The van der Waals surface area contributed by atoms with Gasteiger partial charge in [0, 0.05) is 22.7 Å². The number of hydrogen-bond donors (Lipinski definition) is 3. The van der Waals surface area contributed by atoms with E-state index in [1.165, 1.54) is 18.2 Å². The van der Waals surface area contributed by atoms with Crippen LogP contribution in [0.2, 0.25) is 0 Å². The minimum Gasteiger partial charge on any atom is -0.307 e. The number of amides is 2. The molecule has 0 heterocycles. The number of nitro benzene ring substituents is 1. The SMILES string of the molecule is O=C(Nc1cccc([N+](=O)[O-])c1)Nc1ccccc1S. The van der Waals surface area contributed by atoms with Gasteiger partial charge in [0.1, 0.15) is 0 Å². The molecule has 7 heteroatoms. The lowest BCUT2D eigenvalue weighted by Gasteiger charge is -2.09. The summed E-state index contributed by atoms with van der Waals surface area (Å²) in [6.07, 6.45) is 0. The van der Waals surface area contributed by atoms with Crippen LogP contribution in [0.3, 0.4) is 0 Å². The summed E-state index contributed by atoms with van der Waals surface area (Å²) in [7, 11) is 0. The van der Waals surface area contributed by atoms with Gasteiger partial charge >= 0.3 is 6.03 Å². The molecule has 0 fully saturated rings. The van der Waals surface area contributed by atoms with Crippen LogP contribution in [0.1, 0.15) is 0 Å². The molecule has 0 saturated heterocycles. The number of nitro groups is 1. The maximum absolute atomic E-state index is 11.8. The molecule has 2 aromatic rings. The quantitative estimate of drug-likeness (QED) is 0.459. The highest BCUT2D eigenvalue weighted by Gasteiger charge is 2.08. The van der Waals surface area contributed by atoms with Crippen molar-refractivity contribution >= 4 is 35.7 Å². The van der Waals surface area contributed by atoms with Crippen LogP contribution in [-0.4, -0.2) is 11.0 Å². The molecule has 0 aliphatic heterocycles. The summed E-state index contributed by atoms with van der Waals surface area (Å²) in [5, 5.41) is 15.8. The van der Waals surface area contributed by atoms with Crippen LogP contribution >= 0.6 is 12.6 Å². The number of anilines is 2. The van der Waals surface area contributed by atoms with E-state index in [-0.39, 0.29) is 5.69 Å². The van der Waals surface area contributed by atoms with Gasteiger partial charge in [0.25, 0.3) is 5.69 Å². The highest BCUT2D eigenvalue weighted by atomic mass is 32.1. The third-order valence-corrected chi connectivity index (χ3v) is 2.86. The number of nitrogens with zero attached hydrogens (tertiary/aromatic N) is 1. The molecule has 0 saturated carbocycles. The fourth-order valence-corrected chi connectivity index (χ4v) is 1.78. The van der Waals surface area contributed by atoms with Crippen molar-refractivity contribution in [1.82, 2.24) is 0 Å². The van der Waals surface area contributed by atoms with E-state index < -0.39 is 11.0 Å². The van der Waals surface area contributed by atoms with Gasteiger partial charge in [0.2, 0.25) is 0 Å². The standard InChI is InChI=1S/C13H11N3O3S/c17-13(15-11-6-1-2-7-12(11)20)14-9-4-3-5-10(8-9)16(18)19/h1-8,20H,(H2,14,15,17). The Hall–Kier alpha value is -2.54. The van der Waals surface area contributed by atoms with Crippen LogP contribution in [0.25, 0.3) is 0 Å². The average Bonchev–Trinajstić information content (AvgIpc) is 2.41. The fourth-order valence-electron chi connectivity index (χ4n) is 1.56. The minimum absolute atomic E-state index is 0.0857. The van der Waals surface area contributed by atoms with Crippen LogP contribution < -0.4 is 10.6 Å². The zero-order valence-corrected chi connectivity index (χ0v) is 11.1. The Labute approximate surface area is 120 Å². The Morgan fingerprint density at radius 1 is 1.10 bits per heavy atom. The first-order chi connectivity index (χ1) is 9.56. The molecule has 20 heavy (non-hydrogen) atoms. The number of benzene rings is 2. The van der Waals surface area contributed by atoms with Crippen molar-refractivity contribution in [3.05, 3.63) is 58.6 Å². The van der Waals surface area contributed by atoms with Gasteiger partial charge in [-0.1, -0.05) is 18.2 Å². The summed E-state index contributed by atoms with van der Waals surface area (Å²) in [6.45, 7) is 0. The van der Waals surface area contributed by atoms with Crippen molar-refractivity contribution in [3.8, 4) is 0 Å². The second kappa shape index (κ2) is 6.07. The second-order valence-electron chi connectivity index (χ2n) is 3.90. The topological polar surface area (TPSA) is 84.3 Å². The van der Waals surface area contributed by atoms with Gasteiger partial charge in [-0.25, -0.2) is 4.79 Å². The third kappa shape index (κ3) is 3.48. The Bertz CT molecular complexity index is 661. The predicted molar refractivity (Wildman–Crippen MR) is 79.4 cm³/mol. The van der Waals surface area contributed by atoms with E-state index in [1.807, 2.05) is 0 Å². The fraction of sp³-hybridized carbons (Fsp3) is 0. The highest BCUT2D eigenvalue weighted by Crippen LogP contribution is 2.20. The summed E-state index contributed by atoms with van der Waals surface area (Å²) in [6, 6.07) is 12.2. The number of hydrogen-bond acceptors (Lipinski definition) is 4. The Balaban J connectivity index is 2.07. The van der Waals surface area contributed by atoms with Crippen LogP contribution in [0.15, 0.2) is 53.4 Å². The first kappa shape index (κ1) is 13.9. The van der Waals surface area contributed by atoms with Crippen molar-refractivity contribution in [2.24, 2.45) is 0 Å². The van der Waals surface area contributed by atoms with E-state index in [0.717, 1.165) is 0 Å². The molecule has 0 aliphatic rings. The van der Waals surface area contributed by atoms with Gasteiger partial charge in [0.05, 0.1) is 10.6 Å². The summed E-state index contributed by atoms with van der Waals surface area (Å²) < 4.78 is 0. The molecule has 2 rings (SSSR count). The van der Waals surface area contributed by atoms with Crippen LogP contribution in [0, 0.1) is 10.1 Å². The molecule has 0 spiro atoms. The summed E-state index contributed by atoms with van der Waals surface area (Å²) >= 11 is 4.21. The number of rotatable bonds is 3. The molecule has 2 N–H and O–H groups in total. The Kier molecular flexibility index (Phi) is 4.21. The number of thiol groups is 1. The lowest BCUT2D eigenvalue weighted by atomic mass is 10.3. The van der Waals surface area contributed by atoms with Crippen LogP contribution in [0.5, 0.6) is 0 Å². The number of non-ortho nitro benzene ring substituents is 1. The molecular formula is C13H11N3O3S. The first-order valence-corrected chi connectivity index (χ1v) is 6.11. The monoisotopic (exact) mass is 289 g/mol. The van der Waals surface area contributed by atoms with Gasteiger partial charge < -0.3 is 10.6 Å². The van der Waals surface area contributed by atoms with Gasteiger partial charge in [-0.3, -0.25) is 10.1 Å². The number of urea groups is 1. The molecule has 0 bridgehead atoms. The molecule has 6 nitrogen and oxygen atoms in total. The summed E-state index contributed by atoms with van der Waals surface area (Å²) in [4.78, 5) is 22.5. The van der Waals surface area contributed by atoms with Gasteiger partial charge in [-0.2, -0.15) is 0 Å². The van der Waals surface area contributed by atoms with Crippen molar-refractivity contribution in [3.63, 3.8) is 0 Å². The number of carbonyl (C=O) groups is 1. The van der Waals surface area contributed by atoms with E-state index >= 15 is 0 Å². The van der Waals surface area contributed by atoms with Gasteiger partial charge in [-0.15, -0.1) is 12.6 Å². The third-order valence-electron chi connectivity index (χ3n) is 2.47. The lowest BCUT2D eigenvalue weighted by Crippen LogP contribution is -2.19. The van der Waals surface area contributed by atoms with E-state index in [9.17, 15) is 14.9 Å². The predicted octanol–water partition coefficient (Wildman–Crippen LogP) is 3.53. The molecule has 0 aromatic heterocycles. The van der Waals surface area contributed by atoms with Crippen molar-refractivity contribution in [1.29, 1.82) is 0 Å². The molecule has 102 valence electrons. The average molecular weight is 289 g/mol. The smallest absolute Gasteiger partial charge is 0.307 e. The van der Waals surface area contributed by atoms with Crippen molar-refractivity contribution in [2.75, 3.05) is 10.6 Å². The lowest BCUT2D eigenvalue weighted by molar-refractivity contribution is -0.384. The zero-order chi connectivity index (χ0) is 14.5. The van der Waals surface area contributed by atoms with E-state index in [2.05, 4.69) is 23.3 Å². The molecule has 2 amide bonds. The normalized spacial score (nSPS) is 9.85. The molecular weight excluding hydrogens is 278 g/mol. The molecule has 0 unspecified atom stereocenters. The maximum atomic E-state index is 11.8. The van der Waals surface area contributed by atoms with E-state index in [0.29, 0.717) is 16.3 Å². The van der Waals surface area contributed by atoms with Crippen LogP contribution in [-0.2, 0) is 0 Å². The second-order valence-corrected chi connectivity index (χ2v) is 4.39. The van der Waals surface area contributed by atoms with Gasteiger partial charge in [0.15, 0.2) is 0 Å².